The number of aryl methyl sites for hydroxylation is 1. The molecule has 2 N–H and O–H groups in total. The smallest absolute Gasteiger partial charge is 0.326 e. The zero-order chi connectivity index (χ0) is 15.1. The number of ether oxygens (including phenoxy) is 1. The third-order valence-electron chi connectivity index (χ3n) is 2.95. The van der Waals surface area contributed by atoms with Crippen molar-refractivity contribution in [3.8, 4) is 5.75 Å². The van der Waals surface area contributed by atoms with E-state index in [0.29, 0.717) is 5.75 Å². The summed E-state index contributed by atoms with van der Waals surface area (Å²) < 4.78 is 5.32. The number of amides is 1. The first-order chi connectivity index (χ1) is 9.43. The van der Waals surface area contributed by atoms with Crippen LogP contribution in [0.25, 0.3) is 0 Å². The topological polar surface area (TPSA) is 75.6 Å². The first-order valence-corrected chi connectivity index (χ1v) is 6.68. The van der Waals surface area contributed by atoms with Crippen LogP contribution in [0.5, 0.6) is 5.75 Å². The van der Waals surface area contributed by atoms with Crippen LogP contribution in [0, 0.1) is 5.92 Å². The van der Waals surface area contributed by atoms with Crippen molar-refractivity contribution in [3.05, 3.63) is 29.8 Å². The van der Waals surface area contributed by atoms with Crippen molar-refractivity contribution in [3.63, 3.8) is 0 Å². The number of carbonyl (C=O) groups excluding carboxylic acids is 1. The molecule has 1 aromatic rings. The highest BCUT2D eigenvalue weighted by molar-refractivity contribution is 5.84. The van der Waals surface area contributed by atoms with Crippen molar-refractivity contribution in [1.29, 1.82) is 0 Å². The highest BCUT2D eigenvalue weighted by Gasteiger charge is 2.23. The number of hydrogen-bond donors (Lipinski definition) is 2. The van der Waals surface area contributed by atoms with Crippen molar-refractivity contribution in [2.45, 2.75) is 33.2 Å². The minimum Gasteiger partial charge on any atom is -0.484 e. The summed E-state index contributed by atoms with van der Waals surface area (Å²) in [7, 11) is 0. The van der Waals surface area contributed by atoms with Gasteiger partial charge in [0, 0.05) is 0 Å². The highest BCUT2D eigenvalue weighted by Crippen LogP contribution is 2.12. The van der Waals surface area contributed by atoms with Gasteiger partial charge >= 0.3 is 5.97 Å². The lowest BCUT2D eigenvalue weighted by molar-refractivity contribution is -0.143. The molecule has 1 amide bonds. The highest BCUT2D eigenvalue weighted by atomic mass is 16.5. The third-order valence-corrected chi connectivity index (χ3v) is 2.95. The monoisotopic (exact) mass is 279 g/mol. The van der Waals surface area contributed by atoms with Gasteiger partial charge in [-0.2, -0.15) is 0 Å². The van der Waals surface area contributed by atoms with Crippen molar-refractivity contribution in [2.75, 3.05) is 6.61 Å². The van der Waals surface area contributed by atoms with Crippen LogP contribution in [0.2, 0.25) is 0 Å². The Kier molecular flexibility index (Phi) is 6.03. The van der Waals surface area contributed by atoms with Crippen molar-refractivity contribution in [1.82, 2.24) is 5.32 Å². The molecule has 0 fully saturated rings. The number of nitrogens with one attached hydrogen (secondary N) is 1. The molecule has 0 heterocycles. The molecular formula is C15H21NO4. The third kappa shape index (κ3) is 4.91. The summed E-state index contributed by atoms with van der Waals surface area (Å²) in [4.78, 5) is 22.6. The van der Waals surface area contributed by atoms with E-state index in [1.807, 2.05) is 12.1 Å². The maximum atomic E-state index is 11.7. The Morgan fingerprint density at radius 2 is 1.85 bits per heavy atom. The van der Waals surface area contributed by atoms with Gasteiger partial charge in [-0.15, -0.1) is 0 Å². The Balaban J connectivity index is 2.47. The zero-order valence-electron chi connectivity index (χ0n) is 12.1. The summed E-state index contributed by atoms with van der Waals surface area (Å²) >= 11 is 0. The van der Waals surface area contributed by atoms with Crippen LogP contribution >= 0.6 is 0 Å². The molecule has 0 aromatic heterocycles. The van der Waals surface area contributed by atoms with Crippen molar-refractivity contribution < 1.29 is 19.4 Å². The van der Waals surface area contributed by atoms with E-state index in [1.165, 1.54) is 5.56 Å². The summed E-state index contributed by atoms with van der Waals surface area (Å²) in [5.41, 5.74) is 1.19. The predicted molar refractivity (Wildman–Crippen MR) is 75.7 cm³/mol. The normalized spacial score (nSPS) is 12.0. The lowest BCUT2D eigenvalue weighted by atomic mass is 10.1. The first kappa shape index (κ1) is 16.0. The Morgan fingerprint density at radius 1 is 1.25 bits per heavy atom. The van der Waals surface area contributed by atoms with E-state index in [0.717, 1.165) is 6.42 Å². The van der Waals surface area contributed by atoms with E-state index < -0.39 is 17.9 Å². The molecule has 0 aliphatic rings. The molecule has 0 spiro atoms. The van der Waals surface area contributed by atoms with Crippen molar-refractivity contribution >= 4 is 11.9 Å². The summed E-state index contributed by atoms with van der Waals surface area (Å²) in [5, 5.41) is 11.4. The molecule has 0 saturated carbocycles. The van der Waals surface area contributed by atoms with Crippen LogP contribution in [0.15, 0.2) is 24.3 Å². The molecule has 0 unspecified atom stereocenters. The maximum absolute atomic E-state index is 11.7. The minimum absolute atomic E-state index is 0.180. The number of hydrogen-bond acceptors (Lipinski definition) is 3. The predicted octanol–water partition coefficient (Wildman–Crippen LogP) is 1.85. The number of aliphatic carboxylic acids is 1. The lowest BCUT2D eigenvalue weighted by Crippen LogP contribution is -2.46. The summed E-state index contributed by atoms with van der Waals surface area (Å²) in [6.07, 6.45) is 0.940. The van der Waals surface area contributed by atoms with E-state index in [4.69, 9.17) is 9.84 Å². The molecule has 1 rings (SSSR count). The van der Waals surface area contributed by atoms with E-state index in [1.54, 1.807) is 26.0 Å². The molecule has 0 saturated heterocycles. The van der Waals surface area contributed by atoms with E-state index >= 15 is 0 Å². The standard InChI is InChI=1S/C15H21NO4/c1-4-11-5-7-12(8-6-11)20-9-13(17)16-14(10(2)3)15(18)19/h5-8,10,14H,4,9H2,1-3H3,(H,16,17)(H,18,19)/t14-/m1/s1. The van der Waals surface area contributed by atoms with Gasteiger partial charge in [-0.25, -0.2) is 4.79 Å². The van der Waals surface area contributed by atoms with Crippen LogP contribution in [-0.4, -0.2) is 29.6 Å². The molecule has 110 valence electrons. The van der Waals surface area contributed by atoms with Crippen LogP contribution in [-0.2, 0) is 16.0 Å². The molecule has 1 aromatic carbocycles. The second-order valence-electron chi connectivity index (χ2n) is 4.91. The second kappa shape index (κ2) is 7.53. The average molecular weight is 279 g/mol. The van der Waals surface area contributed by atoms with Gasteiger partial charge in [0.25, 0.3) is 5.91 Å². The van der Waals surface area contributed by atoms with Gasteiger partial charge in [0.1, 0.15) is 11.8 Å². The fourth-order valence-corrected chi connectivity index (χ4v) is 1.70. The van der Waals surface area contributed by atoms with Gasteiger partial charge in [0.15, 0.2) is 6.61 Å². The molecule has 20 heavy (non-hydrogen) atoms. The van der Waals surface area contributed by atoms with Crippen LogP contribution < -0.4 is 10.1 Å². The molecule has 5 heteroatoms. The number of carboxylic acid groups (broad SMARTS) is 1. The fourth-order valence-electron chi connectivity index (χ4n) is 1.70. The molecule has 5 nitrogen and oxygen atoms in total. The van der Waals surface area contributed by atoms with Gasteiger partial charge in [0.05, 0.1) is 0 Å². The van der Waals surface area contributed by atoms with E-state index in [9.17, 15) is 9.59 Å². The molecule has 0 radical (unpaired) electrons. The second-order valence-corrected chi connectivity index (χ2v) is 4.91. The average Bonchev–Trinajstić information content (AvgIpc) is 2.42. The number of carbonyl (C=O) groups is 2. The van der Waals surface area contributed by atoms with Crippen LogP contribution in [0.3, 0.4) is 0 Å². The van der Waals surface area contributed by atoms with Gasteiger partial charge in [-0.05, 0) is 30.0 Å². The molecule has 0 aliphatic carbocycles. The van der Waals surface area contributed by atoms with Gasteiger partial charge in [-0.1, -0.05) is 32.9 Å². The maximum Gasteiger partial charge on any atom is 0.326 e. The largest absolute Gasteiger partial charge is 0.484 e. The summed E-state index contributed by atoms with van der Waals surface area (Å²) in [5.74, 6) is -1.07. The summed E-state index contributed by atoms with van der Waals surface area (Å²) in [6, 6.07) is 6.56. The van der Waals surface area contributed by atoms with Crippen LogP contribution in [0.4, 0.5) is 0 Å². The Bertz CT molecular complexity index is 453. The number of rotatable bonds is 7. The Labute approximate surface area is 118 Å². The number of carboxylic acids is 1. The SMILES string of the molecule is CCc1ccc(OCC(=O)N[C@@H](C(=O)O)C(C)C)cc1. The molecule has 1 atom stereocenters. The summed E-state index contributed by atoms with van der Waals surface area (Å²) in [6.45, 7) is 5.34. The van der Waals surface area contributed by atoms with Gasteiger partial charge in [0.2, 0.25) is 0 Å². The quantitative estimate of drug-likeness (QED) is 0.798. The Hall–Kier alpha value is -2.04. The molecule has 0 bridgehead atoms. The zero-order valence-corrected chi connectivity index (χ0v) is 12.1. The number of benzene rings is 1. The fraction of sp³-hybridized carbons (Fsp3) is 0.467. The minimum atomic E-state index is -1.04. The lowest BCUT2D eigenvalue weighted by Gasteiger charge is -2.18. The first-order valence-electron chi connectivity index (χ1n) is 6.68. The Morgan fingerprint density at radius 3 is 2.30 bits per heavy atom. The van der Waals surface area contributed by atoms with E-state index in [-0.39, 0.29) is 12.5 Å². The molecule has 0 aliphatic heterocycles. The van der Waals surface area contributed by atoms with Crippen LogP contribution in [0.1, 0.15) is 26.3 Å². The van der Waals surface area contributed by atoms with E-state index in [2.05, 4.69) is 12.2 Å². The van der Waals surface area contributed by atoms with Gasteiger partial charge < -0.3 is 15.2 Å². The van der Waals surface area contributed by atoms with Gasteiger partial charge in [-0.3, -0.25) is 4.79 Å². The van der Waals surface area contributed by atoms with Crippen molar-refractivity contribution in [2.24, 2.45) is 5.92 Å². The molecular weight excluding hydrogens is 258 g/mol.